The third-order valence-electron chi connectivity index (χ3n) is 2.49. The molecule has 0 aromatic heterocycles. The van der Waals surface area contributed by atoms with Gasteiger partial charge in [-0.2, -0.15) is 0 Å². The largest absolute Gasteiger partial charge is 0.397 e. The van der Waals surface area contributed by atoms with Crippen LogP contribution in [-0.2, 0) is 0 Å². The molecule has 0 aliphatic heterocycles. The molecule has 1 aromatic carbocycles. The molecule has 90 valence electrons. The molecule has 0 saturated carbocycles. The van der Waals surface area contributed by atoms with Crippen molar-refractivity contribution >= 4 is 34.0 Å². The molecule has 3 N–H and O–H groups in total. The molecule has 1 aromatic rings. The van der Waals surface area contributed by atoms with Gasteiger partial charge >= 0.3 is 0 Å². The highest BCUT2D eigenvalue weighted by Crippen LogP contribution is 2.25. The van der Waals surface area contributed by atoms with E-state index < -0.39 is 0 Å². The Bertz CT molecular complexity index is 355. The first kappa shape index (κ1) is 13.5. The summed E-state index contributed by atoms with van der Waals surface area (Å²) in [4.78, 5) is 0. The summed E-state index contributed by atoms with van der Waals surface area (Å²) in [6.07, 6.45) is 3.41. The Morgan fingerprint density at radius 2 is 2.19 bits per heavy atom. The number of anilines is 2. The summed E-state index contributed by atoms with van der Waals surface area (Å²) in [5.74, 6) is -0.222. The first-order valence-electron chi connectivity index (χ1n) is 5.55. The smallest absolute Gasteiger partial charge is 0.138 e. The minimum atomic E-state index is -0.222. The number of nitrogens with one attached hydrogen (secondary N) is 1. The second kappa shape index (κ2) is 6.27. The Labute approximate surface area is 110 Å². The van der Waals surface area contributed by atoms with E-state index in [1.165, 1.54) is 18.9 Å². The maximum atomic E-state index is 13.4. The molecule has 1 unspecified atom stereocenters. The van der Waals surface area contributed by atoms with E-state index in [0.717, 1.165) is 6.42 Å². The van der Waals surface area contributed by atoms with Gasteiger partial charge in [0.15, 0.2) is 0 Å². The van der Waals surface area contributed by atoms with Gasteiger partial charge in [0.2, 0.25) is 0 Å². The zero-order valence-electron chi connectivity index (χ0n) is 9.69. The highest BCUT2D eigenvalue weighted by molar-refractivity contribution is 14.1. The van der Waals surface area contributed by atoms with Crippen molar-refractivity contribution in [3.63, 3.8) is 0 Å². The van der Waals surface area contributed by atoms with Gasteiger partial charge < -0.3 is 11.1 Å². The summed E-state index contributed by atoms with van der Waals surface area (Å²) >= 11 is 1.94. The van der Waals surface area contributed by atoms with Gasteiger partial charge in [0.25, 0.3) is 0 Å². The summed E-state index contributed by atoms with van der Waals surface area (Å²) in [6, 6.07) is 3.45. The lowest BCUT2D eigenvalue weighted by Crippen LogP contribution is -2.16. The van der Waals surface area contributed by atoms with Crippen molar-refractivity contribution in [3.8, 4) is 0 Å². The first-order chi connectivity index (χ1) is 7.54. The van der Waals surface area contributed by atoms with Crippen LogP contribution in [0.2, 0.25) is 0 Å². The van der Waals surface area contributed by atoms with E-state index >= 15 is 0 Å². The Balaban J connectivity index is 2.69. The number of benzene rings is 1. The molecule has 1 atom stereocenters. The van der Waals surface area contributed by atoms with Crippen LogP contribution in [0.25, 0.3) is 0 Å². The van der Waals surface area contributed by atoms with E-state index in [-0.39, 0.29) is 5.82 Å². The Kier molecular flexibility index (Phi) is 5.31. The lowest BCUT2D eigenvalue weighted by atomic mass is 10.1. The van der Waals surface area contributed by atoms with Crippen molar-refractivity contribution in [2.45, 2.75) is 39.2 Å². The van der Waals surface area contributed by atoms with Crippen molar-refractivity contribution < 1.29 is 4.39 Å². The summed E-state index contributed by atoms with van der Waals surface area (Å²) in [6.45, 7) is 4.25. The topological polar surface area (TPSA) is 38.0 Å². The van der Waals surface area contributed by atoms with Crippen molar-refractivity contribution in [2.75, 3.05) is 11.1 Å². The van der Waals surface area contributed by atoms with Crippen LogP contribution in [0.4, 0.5) is 15.8 Å². The van der Waals surface area contributed by atoms with E-state index in [1.807, 2.05) is 22.6 Å². The predicted octanol–water partition coefficient (Wildman–Crippen LogP) is 4.00. The molecule has 2 nitrogen and oxygen atoms in total. The van der Waals surface area contributed by atoms with Gasteiger partial charge in [-0.1, -0.05) is 19.8 Å². The van der Waals surface area contributed by atoms with Gasteiger partial charge in [0.1, 0.15) is 5.82 Å². The predicted molar refractivity (Wildman–Crippen MR) is 76.1 cm³/mol. The average molecular weight is 336 g/mol. The quantitative estimate of drug-likeness (QED) is 0.630. The van der Waals surface area contributed by atoms with Gasteiger partial charge in [-0.05, 0) is 42.0 Å². The minimum Gasteiger partial charge on any atom is -0.397 e. The standard InChI is InChI=1S/C12H18FIN2/c1-3-4-5-8(2)16-12-6-9(13)10(14)7-11(12)15/h6-8,16H,3-5,15H2,1-2H3. The van der Waals surface area contributed by atoms with Crippen LogP contribution in [0.1, 0.15) is 33.1 Å². The highest BCUT2D eigenvalue weighted by atomic mass is 127. The maximum absolute atomic E-state index is 13.4. The number of unbranched alkanes of at least 4 members (excludes halogenated alkanes) is 1. The number of hydrogen-bond acceptors (Lipinski definition) is 2. The van der Waals surface area contributed by atoms with Gasteiger partial charge in [-0.25, -0.2) is 4.39 Å². The summed E-state index contributed by atoms with van der Waals surface area (Å²) < 4.78 is 13.9. The zero-order chi connectivity index (χ0) is 12.1. The van der Waals surface area contributed by atoms with E-state index in [9.17, 15) is 4.39 Å². The molecular formula is C12H18FIN2. The van der Waals surface area contributed by atoms with Crippen LogP contribution < -0.4 is 11.1 Å². The Hall–Kier alpha value is -0.520. The van der Waals surface area contributed by atoms with E-state index in [4.69, 9.17) is 5.73 Å². The number of nitrogen functional groups attached to an aromatic ring is 1. The Morgan fingerprint density at radius 3 is 2.81 bits per heavy atom. The lowest BCUT2D eigenvalue weighted by Gasteiger charge is -2.16. The minimum absolute atomic E-state index is 0.222. The molecule has 0 saturated heterocycles. The molecule has 0 amide bonds. The zero-order valence-corrected chi connectivity index (χ0v) is 11.8. The number of nitrogens with two attached hydrogens (primary N) is 1. The van der Waals surface area contributed by atoms with Crippen molar-refractivity contribution in [1.82, 2.24) is 0 Å². The van der Waals surface area contributed by atoms with E-state index in [0.29, 0.717) is 21.0 Å². The molecule has 0 spiro atoms. The van der Waals surface area contributed by atoms with Crippen LogP contribution in [0.15, 0.2) is 12.1 Å². The van der Waals surface area contributed by atoms with Crippen LogP contribution in [0.3, 0.4) is 0 Å². The fourth-order valence-corrected chi connectivity index (χ4v) is 2.03. The number of halogens is 2. The monoisotopic (exact) mass is 336 g/mol. The molecule has 0 aliphatic carbocycles. The third kappa shape index (κ3) is 3.81. The molecular weight excluding hydrogens is 318 g/mol. The molecule has 0 aliphatic rings. The van der Waals surface area contributed by atoms with Crippen molar-refractivity contribution in [1.29, 1.82) is 0 Å². The van der Waals surface area contributed by atoms with Gasteiger partial charge in [-0.3, -0.25) is 0 Å². The molecule has 1 rings (SSSR count). The number of rotatable bonds is 5. The average Bonchev–Trinajstić information content (AvgIpc) is 2.23. The molecule has 0 fully saturated rings. The Morgan fingerprint density at radius 1 is 1.50 bits per heavy atom. The number of hydrogen-bond donors (Lipinski definition) is 2. The van der Waals surface area contributed by atoms with Gasteiger partial charge in [-0.15, -0.1) is 0 Å². The van der Waals surface area contributed by atoms with Crippen LogP contribution in [0.5, 0.6) is 0 Å². The SMILES string of the molecule is CCCCC(C)Nc1cc(F)c(I)cc1N. The van der Waals surface area contributed by atoms with E-state index in [1.54, 1.807) is 6.07 Å². The highest BCUT2D eigenvalue weighted by Gasteiger charge is 2.08. The molecule has 0 bridgehead atoms. The van der Waals surface area contributed by atoms with Crippen molar-refractivity contribution in [3.05, 3.63) is 21.5 Å². The normalized spacial score (nSPS) is 12.5. The van der Waals surface area contributed by atoms with E-state index in [2.05, 4.69) is 19.2 Å². The third-order valence-corrected chi connectivity index (χ3v) is 3.31. The van der Waals surface area contributed by atoms with Crippen LogP contribution in [-0.4, -0.2) is 6.04 Å². The summed E-state index contributed by atoms with van der Waals surface area (Å²) in [7, 11) is 0. The second-order valence-electron chi connectivity index (χ2n) is 4.04. The molecule has 4 heteroatoms. The molecule has 16 heavy (non-hydrogen) atoms. The van der Waals surface area contributed by atoms with Gasteiger partial charge in [0, 0.05) is 12.1 Å². The van der Waals surface area contributed by atoms with Crippen LogP contribution >= 0.6 is 22.6 Å². The molecule has 0 radical (unpaired) electrons. The second-order valence-corrected chi connectivity index (χ2v) is 5.20. The van der Waals surface area contributed by atoms with Crippen molar-refractivity contribution in [2.24, 2.45) is 0 Å². The summed E-state index contributed by atoms with van der Waals surface area (Å²) in [5, 5.41) is 3.24. The first-order valence-corrected chi connectivity index (χ1v) is 6.63. The maximum Gasteiger partial charge on any atom is 0.138 e. The lowest BCUT2D eigenvalue weighted by molar-refractivity contribution is 0.618. The summed E-state index contributed by atoms with van der Waals surface area (Å²) in [5.41, 5.74) is 7.13. The van der Waals surface area contributed by atoms with Crippen LogP contribution in [0, 0.1) is 9.39 Å². The molecule has 0 heterocycles. The van der Waals surface area contributed by atoms with Gasteiger partial charge in [0.05, 0.1) is 14.9 Å². The fourth-order valence-electron chi connectivity index (χ4n) is 1.54. The fraction of sp³-hybridized carbons (Fsp3) is 0.500.